The molecule has 0 saturated carbocycles. The smallest absolute Gasteiger partial charge is 0.227 e. The molecule has 0 unspecified atom stereocenters. The molecule has 2 aromatic rings. The Balaban J connectivity index is 1.33. The van der Waals surface area contributed by atoms with E-state index < -0.39 is 0 Å². The number of amides is 1. The molecule has 1 aromatic heterocycles. The van der Waals surface area contributed by atoms with Crippen molar-refractivity contribution in [2.75, 3.05) is 33.9 Å². The second-order valence-electron chi connectivity index (χ2n) is 8.38. The van der Waals surface area contributed by atoms with Gasteiger partial charge in [-0.15, -0.1) is 0 Å². The minimum Gasteiger partial charge on any atom is -0.493 e. The van der Waals surface area contributed by atoms with E-state index in [-0.39, 0.29) is 11.8 Å². The highest BCUT2D eigenvalue weighted by molar-refractivity contribution is 5.78. The molecule has 1 saturated heterocycles. The molecular formula is C23H32N4O3. The Labute approximate surface area is 178 Å². The largest absolute Gasteiger partial charge is 0.493 e. The fraction of sp³-hybridized carbons (Fsp3) is 0.565. The zero-order valence-corrected chi connectivity index (χ0v) is 18.2. The van der Waals surface area contributed by atoms with Gasteiger partial charge in [0.2, 0.25) is 5.91 Å². The van der Waals surface area contributed by atoms with Crippen LogP contribution in [0.15, 0.2) is 30.6 Å². The van der Waals surface area contributed by atoms with E-state index in [1.54, 1.807) is 20.4 Å². The lowest BCUT2D eigenvalue weighted by atomic mass is 9.94. The van der Waals surface area contributed by atoms with Crippen LogP contribution in [0.25, 0.3) is 0 Å². The average molecular weight is 413 g/mol. The van der Waals surface area contributed by atoms with Crippen LogP contribution >= 0.6 is 0 Å². The molecule has 0 bridgehead atoms. The third-order valence-electron chi connectivity index (χ3n) is 6.48. The van der Waals surface area contributed by atoms with E-state index in [0.717, 1.165) is 56.9 Å². The van der Waals surface area contributed by atoms with Crippen molar-refractivity contribution in [2.45, 2.75) is 45.3 Å². The average Bonchev–Trinajstić information content (AvgIpc) is 3.30. The summed E-state index contributed by atoms with van der Waals surface area (Å²) in [4.78, 5) is 17.5. The van der Waals surface area contributed by atoms with Gasteiger partial charge in [0.05, 0.1) is 26.7 Å². The number of carbonyl (C=O) groups excluding carboxylic acids is 1. The van der Waals surface area contributed by atoms with Crippen molar-refractivity contribution in [1.82, 2.24) is 19.6 Å². The van der Waals surface area contributed by atoms with Gasteiger partial charge in [0.1, 0.15) is 0 Å². The number of ether oxygens (including phenoxy) is 2. The molecular weight excluding hydrogens is 380 g/mol. The van der Waals surface area contributed by atoms with Crippen molar-refractivity contribution < 1.29 is 14.3 Å². The van der Waals surface area contributed by atoms with Crippen molar-refractivity contribution in [3.63, 3.8) is 0 Å². The van der Waals surface area contributed by atoms with Crippen molar-refractivity contribution in [3.05, 3.63) is 41.7 Å². The predicted molar refractivity (Wildman–Crippen MR) is 115 cm³/mol. The van der Waals surface area contributed by atoms with Gasteiger partial charge < -0.3 is 14.4 Å². The predicted octanol–water partition coefficient (Wildman–Crippen LogP) is 2.59. The Bertz CT molecular complexity index is 860. The summed E-state index contributed by atoms with van der Waals surface area (Å²) in [6.07, 6.45) is 6.75. The third kappa shape index (κ3) is 4.31. The number of aromatic nitrogens is 2. The van der Waals surface area contributed by atoms with Gasteiger partial charge in [0.25, 0.3) is 0 Å². The molecule has 1 amide bonds. The summed E-state index contributed by atoms with van der Waals surface area (Å²) in [5.41, 5.74) is 2.68. The third-order valence-corrected chi connectivity index (χ3v) is 6.48. The highest BCUT2D eigenvalue weighted by atomic mass is 16.5. The summed E-state index contributed by atoms with van der Waals surface area (Å²) in [6, 6.07) is 6.66. The van der Waals surface area contributed by atoms with Gasteiger partial charge >= 0.3 is 0 Å². The van der Waals surface area contributed by atoms with Gasteiger partial charge in [0.15, 0.2) is 11.5 Å². The number of hydrogen-bond donors (Lipinski definition) is 0. The van der Waals surface area contributed by atoms with E-state index in [4.69, 9.17) is 9.47 Å². The Morgan fingerprint density at radius 3 is 2.47 bits per heavy atom. The number of rotatable bonds is 6. The van der Waals surface area contributed by atoms with E-state index in [1.807, 2.05) is 28.8 Å². The van der Waals surface area contributed by atoms with E-state index in [2.05, 4.69) is 22.1 Å². The zero-order valence-electron chi connectivity index (χ0n) is 18.2. The first-order valence-electron chi connectivity index (χ1n) is 10.8. The first-order valence-corrected chi connectivity index (χ1v) is 10.8. The molecule has 1 atom stereocenters. The molecule has 0 radical (unpaired) electrons. The molecule has 30 heavy (non-hydrogen) atoms. The highest BCUT2D eigenvalue weighted by Crippen LogP contribution is 2.34. The Morgan fingerprint density at radius 1 is 1.13 bits per heavy atom. The first-order chi connectivity index (χ1) is 14.6. The van der Waals surface area contributed by atoms with Crippen LogP contribution < -0.4 is 9.47 Å². The quantitative estimate of drug-likeness (QED) is 0.730. The van der Waals surface area contributed by atoms with Crippen LogP contribution in [0.2, 0.25) is 0 Å². The standard InChI is InChI=1S/C23H32N4O3/c1-17(15-27-9-4-8-24-27)23(28)25-11-6-20(7-12-25)26-10-5-18-13-21(29-2)22(30-3)14-19(18)16-26/h4,8-9,13-14,17,20H,5-7,10-12,15-16H2,1-3H3/t17-/m0/s1. The highest BCUT2D eigenvalue weighted by Gasteiger charge is 2.31. The fourth-order valence-electron chi connectivity index (χ4n) is 4.75. The van der Waals surface area contributed by atoms with Gasteiger partial charge in [0, 0.05) is 44.6 Å². The molecule has 1 fully saturated rings. The van der Waals surface area contributed by atoms with Crippen LogP contribution in [-0.4, -0.2) is 65.4 Å². The van der Waals surface area contributed by atoms with E-state index in [0.29, 0.717) is 12.6 Å². The van der Waals surface area contributed by atoms with Crippen LogP contribution in [0.5, 0.6) is 11.5 Å². The van der Waals surface area contributed by atoms with Crippen molar-refractivity contribution in [1.29, 1.82) is 0 Å². The molecule has 3 heterocycles. The lowest BCUT2D eigenvalue weighted by molar-refractivity contribution is -0.137. The van der Waals surface area contributed by atoms with Gasteiger partial charge in [-0.25, -0.2) is 0 Å². The van der Waals surface area contributed by atoms with Crippen molar-refractivity contribution in [3.8, 4) is 11.5 Å². The Kier molecular flexibility index (Phi) is 6.27. The molecule has 7 nitrogen and oxygen atoms in total. The lowest BCUT2D eigenvalue weighted by Crippen LogP contribution is -2.49. The van der Waals surface area contributed by atoms with Crippen LogP contribution in [0.3, 0.4) is 0 Å². The molecule has 4 rings (SSSR count). The van der Waals surface area contributed by atoms with E-state index in [1.165, 1.54) is 11.1 Å². The van der Waals surface area contributed by atoms with Gasteiger partial charge in [-0.05, 0) is 48.6 Å². The van der Waals surface area contributed by atoms with E-state index >= 15 is 0 Å². The molecule has 0 spiro atoms. The number of carbonyl (C=O) groups is 1. The SMILES string of the molecule is COc1cc2c(cc1OC)CN(C1CCN(C(=O)[C@@H](C)Cn3cccn3)CC1)CC2. The molecule has 0 aliphatic carbocycles. The van der Waals surface area contributed by atoms with Crippen molar-refractivity contribution >= 4 is 5.91 Å². The van der Waals surface area contributed by atoms with Crippen LogP contribution in [0.1, 0.15) is 30.9 Å². The summed E-state index contributed by atoms with van der Waals surface area (Å²) in [5, 5.41) is 4.22. The summed E-state index contributed by atoms with van der Waals surface area (Å²) < 4.78 is 12.8. The number of fused-ring (bicyclic) bond motifs is 1. The molecule has 162 valence electrons. The second kappa shape index (κ2) is 9.08. The summed E-state index contributed by atoms with van der Waals surface area (Å²) >= 11 is 0. The Morgan fingerprint density at radius 2 is 1.83 bits per heavy atom. The number of benzene rings is 1. The van der Waals surface area contributed by atoms with Crippen molar-refractivity contribution in [2.24, 2.45) is 5.92 Å². The summed E-state index contributed by atoms with van der Waals surface area (Å²) in [6.45, 7) is 6.30. The molecule has 1 aromatic carbocycles. The first kappa shape index (κ1) is 20.7. The van der Waals surface area contributed by atoms with Gasteiger partial charge in [-0.1, -0.05) is 6.92 Å². The normalized spacial score (nSPS) is 18.7. The van der Waals surface area contributed by atoms with Crippen LogP contribution in [0.4, 0.5) is 0 Å². The molecule has 2 aliphatic heterocycles. The van der Waals surface area contributed by atoms with E-state index in [9.17, 15) is 4.79 Å². The number of nitrogens with zero attached hydrogens (tertiary/aromatic N) is 4. The molecule has 7 heteroatoms. The minimum absolute atomic E-state index is 0.0502. The minimum atomic E-state index is -0.0502. The van der Waals surface area contributed by atoms with Crippen LogP contribution in [-0.2, 0) is 24.3 Å². The maximum absolute atomic E-state index is 12.8. The number of hydrogen-bond acceptors (Lipinski definition) is 5. The summed E-state index contributed by atoms with van der Waals surface area (Å²) in [7, 11) is 3.37. The number of piperidine rings is 1. The monoisotopic (exact) mass is 412 g/mol. The number of methoxy groups -OCH3 is 2. The topological polar surface area (TPSA) is 59.8 Å². The Hall–Kier alpha value is -2.54. The maximum atomic E-state index is 12.8. The number of likely N-dealkylation sites (tertiary alicyclic amines) is 1. The molecule has 0 N–H and O–H groups in total. The lowest BCUT2D eigenvalue weighted by Gasteiger charge is -2.41. The van der Waals surface area contributed by atoms with Gasteiger partial charge in [-0.3, -0.25) is 14.4 Å². The fourth-order valence-corrected chi connectivity index (χ4v) is 4.75. The summed E-state index contributed by atoms with van der Waals surface area (Å²) in [5.74, 6) is 1.79. The molecule has 2 aliphatic rings. The maximum Gasteiger partial charge on any atom is 0.227 e. The second-order valence-corrected chi connectivity index (χ2v) is 8.38. The van der Waals surface area contributed by atoms with Crippen LogP contribution in [0, 0.1) is 5.92 Å². The van der Waals surface area contributed by atoms with Gasteiger partial charge in [-0.2, -0.15) is 5.10 Å². The zero-order chi connectivity index (χ0) is 21.1.